The van der Waals surface area contributed by atoms with Crippen LogP contribution in [0.15, 0.2) is 36.4 Å². The van der Waals surface area contributed by atoms with Gasteiger partial charge in [0.1, 0.15) is 0 Å². The Bertz CT molecular complexity index is 436. The summed E-state index contributed by atoms with van der Waals surface area (Å²) in [4.78, 5) is 10.8. The van der Waals surface area contributed by atoms with Gasteiger partial charge in [0.05, 0.1) is 19.1 Å². The van der Waals surface area contributed by atoms with Crippen molar-refractivity contribution >= 4 is 5.97 Å². The first kappa shape index (κ1) is 14.3. The van der Waals surface area contributed by atoms with Crippen LogP contribution in [-0.2, 0) is 22.1 Å². The molecule has 0 fully saturated rings. The summed E-state index contributed by atoms with van der Waals surface area (Å²) in [6, 6.07) is 5.37. The number of esters is 1. The van der Waals surface area contributed by atoms with Gasteiger partial charge >= 0.3 is 12.1 Å². The van der Waals surface area contributed by atoms with Crippen molar-refractivity contribution in [3.63, 3.8) is 0 Å². The molecule has 0 amide bonds. The fourth-order valence-electron chi connectivity index (χ4n) is 1.45. The van der Waals surface area contributed by atoms with Crippen molar-refractivity contribution in [3.05, 3.63) is 47.5 Å². The molecule has 0 aliphatic rings. The van der Waals surface area contributed by atoms with Crippen LogP contribution in [0.5, 0.6) is 0 Å². The second-order valence-corrected chi connectivity index (χ2v) is 3.61. The summed E-state index contributed by atoms with van der Waals surface area (Å²) in [6.07, 6.45) is -1.13. The molecule has 0 aliphatic carbocycles. The Morgan fingerprint density at radius 3 is 2.56 bits per heavy atom. The number of benzene rings is 1. The Kier molecular flexibility index (Phi) is 4.95. The first-order valence-corrected chi connectivity index (χ1v) is 5.32. The maximum atomic E-state index is 12.6. The topological polar surface area (TPSA) is 26.3 Å². The highest BCUT2D eigenvalue weighted by Gasteiger charge is 2.32. The van der Waals surface area contributed by atoms with Crippen LogP contribution in [0.2, 0.25) is 0 Å². The molecule has 1 aromatic rings. The van der Waals surface area contributed by atoms with E-state index in [-0.39, 0.29) is 18.4 Å². The number of hydrogen-bond donors (Lipinski definition) is 0. The van der Waals surface area contributed by atoms with Gasteiger partial charge in [-0.05, 0) is 18.1 Å². The molecule has 0 spiro atoms. The van der Waals surface area contributed by atoms with E-state index in [1.54, 1.807) is 6.07 Å². The van der Waals surface area contributed by atoms with Gasteiger partial charge in [-0.3, -0.25) is 4.79 Å². The van der Waals surface area contributed by atoms with Crippen LogP contribution in [0.3, 0.4) is 0 Å². The summed E-state index contributed by atoms with van der Waals surface area (Å²) in [6.45, 7) is 0. The van der Waals surface area contributed by atoms with E-state index in [1.807, 2.05) is 0 Å². The van der Waals surface area contributed by atoms with E-state index in [9.17, 15) is 18.0 Å². The second kappa shape index (κ2) is 6.23. The maximum Gasteiger partial charge on any atom is 0.416 e. The summed E-state index contributed by atoms with van der Waals surface area (Å²) in [5.41, 5.74) is -0.459. The summed E-state index contributed by atoms with van der Waals surface area (Å²) in [5, 5.41) is 0. The first-order chi connectivity index (χ1) is 8.45. The van der Waals surface area contributed by atoms with Gasteiger partial charge in [-0.25, -0.2) is 0 Å². The zero-order chi connectivity index (χ0) is 13.6. The molecule has 0 saturated heterocycles. The lowest BCUT2D eigenvalue weighted by atomic mass is 10.0. The molecule has 2 nitrogen and oxygen atoms in total. The van der Waals surface area contributed by atoms with Crippen LogP contribution >= 0.6 is 0 Å². The number of halogens is 3. The maximum absolute atomic E-state index is 12.6. The predicted molar refractivity (Wildman–Crippen MR) is 60.9 cm³/mol. The van der Waals surface area contributed by atoms with Crippen LogP contribution in [0.4, 0.5) is 13.2 Å². The minimum absolute atomic E-state index is 0.0602. The minimum atomic E-state index is -4.35. The number of carbonyl (C=O) groups is 1. The van der Waals surface area contributed by atoms with Crippen LogP contribution in [-0.4, -0.2) is 13.1 Å². The van der Waals surface area contributed by atoms with Crippen LogP contribution < -0.4 is 0 Å². The van der Waals surface area contributed by atoms with Crippen molar-refractivity contribution in [2.24, 2.45) is 0 Å². The molecule has 0 unspecified atom stereocenters. The van der Waals surface area contributed by atoms with Gasteiger partial charge in [0.2, 0.25) is 0 Å². The summed E-state index contributed by atoms with van der Waals surface area (Å²) in [7, 11) is 1.26. The molecule has 98 valence electrons. The Morgan fingerprint density at radius 1 is 1.28 bits per heavy atom. The summed E-state index contributed by atoms with van der Waals surface area (Å²) in [5.74, 6) is -0.421. The molecule has 0 heterocycles. The Morgan fingerprint density at radius 2 is 1.94 bits per heavy atom. The Balaban J connectivity index is 2.71. The van der Waals surface area contributed by atoms with E-state index in [0.29, 0.717) is 0 Å². The van der Waals surface area contributed by atoms with Gasteiger partial charge in [-0.1, -0.05) is 30.4 Å². The largest absolute Gasteiger partial charge is 0.469 e. The molecule has 0 atom stereocenters. The van der Waals surface area contributed by atoms with E-state index in [4.69, 9.17) is 0 Å². The SMILES string of the molecule is COC(=O)C/C=C\Cc1ccccc1C(F)(F)F. The Hall–Kier alpha value is -1.78. The molecule has 5 heteroatoms. The molecule has 0 bridgehead atoms. The van der Waals surface area contributed by atoms with Crippen LogP contribution in [0.25, 0.3) is 0 Å². The number of rotatable bonds is 4. The number of carbonyl (C=O) groups excluding carboxylic acids is 1. The van der Waals surface area contributed by atoms with Crippen molar-refractivity contribution in [2.45, 2.75) is 19.0 Å². The molecular formula is C13H13F3O2. The fourth-order valence-corrected chi connectivity index (χ4v) is 1.45. The lowest BCUT2D eigenvalue weighted by Crippen LogP contribution is -2.08. The molecule has 1 aromatic carbocycles. The van der Waals surface area contributed by atoms with Gasteiger partial charge in [0.25, 0.3) is 0 Å². The fraction of sp³-hybridized carbons (Fsp3) is 0.308. The van der Waals surface area contributed by atoms with Gasteiger partial charge in [0, 0.05) is 0 Å². The number of methoxy groups -OCH3 is 1. The third kappa shape index (κ3) is 4.24. The highest BCUT2D eigenvalue weighted by Crippen LogP contribution is 2.32. The van der Waals surface area contributed by atoms with Crippen molar-refractivity contribution in [2.75, 3.05) is 7.11 Å². The molecule has 0 saturated carbocycles. The third-order valence-electron chi connectivity index (χ3n) is 2.34. The number of ether oxygens (including phenoxy) is 1. The quantitative estimate of drug-likeness (QED) is 0.611. The van der Waals surface area contributed by atoms with Gasteiger partial charge in [-0.2, -0.15) is 13.2 Å². The normalized spacial score (nSPS) is 11.8. The molecule has 1 rings (SSSR count). The average molecular weight is 258 g/mol. The molecule has 18 heavy (non-hydrogen) atoms. The van der Waals surface area contributed by atoms with Crippen molar-refractivity contribution < 1.29 is 22.7 Å². The Labute approximate surface area is 103 Å². The lowest BCUT2D eigenvalue weighted by molar-refractivity contribution is -0.140. The smallest absolute Gasteiger partial charge is 0.416 e. The van der Waals surface area contributed by atoms with Gasteiger partial charge in [-0.15, -0.1) is 0 Å². The van der Waals surface area contributed by atoms with Crippen molar-refractivity contribution in [1.82, 2.24) is 0 Å². The van der Waals surface area contributed by atoms with E-state index < -0.39 is 17.7 Å². The zero-order valence-electron chi connectivity index (χ0n) is 9.83. The minimum Gasteiger partial charge on any atom is -0.469 e. The highest BCUT2D eigenvalue weighted by molar-refractivity contribution is 5.70. The molecular weight excluding hydrogens is 245 g/mol. The summed E-state index contributed by atoms with van der Waals surface area (Å²) >= 11 is 0. The molecule has 0 N–H and O–H groups in total. The third-order valence-corrected chi connectivity index (χ3v) is 2.34. The second-order valence-electron chi connectivity index (χ2n) is 3.61. The highest BCUT2D eigenvalue weighted by atomic mass is 19.4. The number of alkyl halides is 3. The summed E-state index contributed by atoms with van der Waals surface area (Å²) < 4.78 is 42.3. The molecule has 0 aromatic heterocycles. The molecule has 0 aliphatic heterocycles. The monoisotopic (exact) mass is 258 g/mol. The standard InChI is InChI=1S/C13H13F3O2/c1-18-12(17)9-5-3-7-10-6-2-4-8-11(10)13(14,15)16/h2-6,8H,7,9H2,1H3/b5-3-. The zero-order valence-corrected chi connectivity index (χ0v) is 9.83. The van der Waals surface area contributed by atoms with E-state index >= 15 is 0 Å². The van der Waals surface area contributed by atoms with E-state index in [1.165, 1.54) is 31.4 Å². The van der Waals surface area contributed by atoms with Crippen LogP contribution in [0, 0.1) is 0 Å². The van der Waals surface area contributed by atoms with Crippen molar-refractivity contribution in [3.8, 4) is 0 Å². The lowest BCUT2D eigenvalue weighted by Gasteiger charge is -2.10. The first-order valence-electron chi connectivity index (χ1n) is 5.32. The average Bonchev–Trinajstić information content (AvgIpc) is 2.33. The van der Waals surface area contributed by atoms with Gasteiger partial charge < -0.3 is 4.74 Å². The van der Waals surface area contributed by atoms with E-state index in [2.05, 4.69) is 4.74 Å². The molecule has 0 radical (unpaired) electrons. The number of hydrogen-bond acceptors (Lipinski definition) is 2. The predicted octanol–water partition coefficient (Wildman–Crippen LogP) is 3.37. The number of allylic oxidation sites excluding steroid dienone is 1. The van der Waals surface area contributed by atoms with Gasteiger partial charge in [0.15, 0.2) is 0 Å². The van der Waals surface area contributed by atoms with Crippen molar-refractivity contribution in [1.29, 1.82) is 0 Å². The van der Waals surface area contributed by atoms with E-state index in [0.717, 1.165) is 6.07 Å². The van der Waals surface area contributed by atoms with Crippen LogP contribution in [0.1, 0.15) is 17.5 Å².